The summed E-state index contributed by atoms with van der Waals surface area (Å²) in [5, 5.41) is 3.08. The van der Waals surface area contributed by atoms with Gasteiger partial charge in [-0.05, 0) is 28.2 Å². The molecular weight excluding hydrogens is 338 g/mol. The maximum Gasteiger partial charge on any atom is 0.245 e. The van der Waals surface area contributed by atoms with Crippen molar-refractivity contribution in [1.82, 2.24) is 4.23 Å². The van der Waals surface area contributed by atoms with Gasteiger partial charge in [0.2, 0.25) is 8.32 Å². The molecule has 1 aromatic carbocycles. The van der Waals surface area contributed by atoms with Crippen LogP contribution in [-0.4, -0.2) is 21.5 Å². The quantitative estimate of drug-likeness (QED) is 0.605. The van der Waals surface area contributed by atoms with Gasteiger partial charge in [0, 0.05) is 21.8 Å². The van der Waals surface area contributed by atoms with E-state index in [9.17, 15) is 0 Å². The van der Waals surface area contributed by atoms with E-state index in [0.717, 1.165) is 6.61 Å². The monoisotopic (exact) mass is 372 g/mol. The highest BCUT2D eigenvalue weighted by Gasteiger charge is 2.53. The van der Waals surface area contributed by atoms with Crippen LogP contribution in [0.4, 0.5) is 0 Å². The topological polar surface area (TPSA) is 14.2 Å². The average molecular weight is 373 g/mol. The van der Waals surface area contributed by atoms with Crippen molar-refractivity contribution in [3.05, 3.63) is 29.8 Å². The third-order valence-corrected chi connectivity index (χ3v) is 14.9. The van der Waals surface area contributed by atoms with Gasteiger partial charge in [0.25, 0.3) is 0 Å². The van der Waals surface area contributed by atoms with Crippen molar-refractivity contribution in [3.63, 3.8) is 0 Å². The highest BCUT2D eigenvalue weighted by Crippen LogP contribution is 2.42. The fourth-order valence-electron chi connectivity index (χ4n) is 5.12. The SMILES string of the molecule is CC(C)[Si](C(C)C)n1c2c(c3ccccc31)CO[Si]2(C(C)C)C(C)C. The lowest BCUT2D eigenvalue weighted by Crippen LogP contribution is -2.58. The molecule has 0 bridgehead atoms. The minimum Gasteiger partial charge on any atom is -0.406 e. The number of rotatable bonds is 5. The second-order valence-corrected chi connectivity index (χ2v) is 17.1. The first-order valence-electron chi connectivity index (χ1n) is 9.87. The van der Waals surface area contributed by atoms with Crippen LogP contribution in [0.2, 0.25) is 22.2 Å². The van der Waals surface area contributed by atoms with Crippen LogP contribution in [0.1, 0.15) is 61.0 Å². The third-order valence-electron chi connectivity index (χ3n) is 5.96. The lowest BCUT2D eigenvalue weighted by Gasteiger charge is -2.38. The molecule has 25 heavy (non-hydrogen) atoms. The molecule has 0 saturated heterocycles. The number of hydrogen-bond acceptors (Lipinski definition) is 1. The van der Waals surface area contributed by atoms with Crippen molar-refractivity contribution in [3.8, 4) is 0 Å². The summed E-state index contributed by atoms with van der Waals surface area (Å²) in [5.74, 6) is 0. The second-order valence-electron chi connectivity index (χ2n) is 8.81. The molecule has 2 aromatic rings. The molecule has 2 nitrogen and oxygen atoms in total. The highest BCUT2D eigenvalue weighted by atomic mass is 28.4. The Balaban J connectivity index is 2.41. The van der Waals surface area contributed by atoms with Crippen molar-refractivity contribution in [2.75, 3.05) is 0 Å². The normalized spacial score (nSPS) is 17.0. The summed E-state index contributed by atoms with van der Waals surface area (Å²) in [5.41, 5.74) is 5.57. The zero-order valence-electron chi connectivity index (χ0n) is 17.2. The molecule has 4 heteroatoms. The van der Waals surface area contributed by atoms with Crippen LogP contribution in [-0.2, 0) is 11.0 Å². The van der Waals surface area contributed by atoms with Crippen LogP contribution < -0.4 is 5.32 Å². The van der Waals surface area contributed by atoms with E-state index in [-0.39, 0.29) is 0 Å². The molecule has 1 aromatic heterocycles. The molecule has 0 saturated carbocycles. The molecule has 2 heterocycles. The van der Waals surface area contributed by atoms with Gasteiger partial charge in [-0.25, -0.2) is 0 Å². The Kier molecular flexibility index (Phi) is 5.08. The van der Waals surface area contributed by atoms with Crippen LogP contribution in [0.5, 0.6) is 0 Å². The van der Waals surface area contributed by atoms with Gasteiger partial charge >= 0.3 is 0 Å². The number of hydrogen-bond donors (Lipinski definition) is 0. The van der Waals surface area contributed by atoms with Crippen molar-refractivity contribution >= 4 is 33.5 Å². The molecule has 0 unspecified atom stereocenters. The molecule has 1 aliphatic heterocycles. The van der Waals surface area contributed by atoms with Gasteiger partial charge in [-0.2, -0.15) is 0 Å². The first kappa shape index (κ1) is 18.9. The van der Waals surface area contributed by atoms with Gasteiger partial charge in [0.15, 0.2) is 8.96 Å². The maximum absolute atomic E-state index is 6.77. The second kappa shape index (κ2) is 6.71. The summed E-state index contributed by atoms with van der Waals surface area (Å²) in [4.78, 5) is 0. The number of aromatic nitrogens is 1. The van der Waals surface area contributed by atoms with E-state index >= 15 is 0 Å². The Morgan fingerprint density at radius 2 is 1.48 bits per heavy atom. The Hall–Kier alpha value is -0.846. The van der Waals surface area contributed by atoms with Crippen LogP contribution in [0.3, 0.4) is 0 Å². The van der Waals surface area contributed by atoms with E-state index in [4.69, 9.17) is 4.43 Å². The van der Waals surface area contributed by atoms with Crippen molar-refractivity contribution < 1.29 is 4.43 Å². The Bertz CT molecular complexity index is 745. The van der Waals surface area contributed by atoms with Gasteiger partial charge in [-0.3, -0.25) is 0 Å². The highest BCUT2D eigenvalue weighted by molar-refractivity contribution is 6.90. The van der Waals surface area contributed by atoms with Gasteiger partial charge in [-0.1, -0.05) is 73.6 Å². The van der Waals surface area contributed by atoms with Crippen LogP contribution >= 0.6 is 0 Å². The Morgan fingerprint density at radius 1 is 0.920 bits per heavy atom. The Labute approximate surface area is 156 Å². The predicted octanol–water partition coefficient (Wildman–Crippen LogP) is 5.80. The number of fused-ring (bicyclic) bond motifs is 3. The minimum atomic E-state index is -2.00. The van der Waals surface area contributed by atoms with E-state index in [1.54, 1.807) is 5.32 Å². The summed E-state index contributed by atoms with van der Waals surface area (Å²) in [6.45, 7) is 20.0. The smallest absolute Gasteiger partial charge is 0.245 e. The summed E-state index contributed by atoms with van der Waals surface area (Å²) in [6.07, 6.45) is 0. The van der Waals surface area contributed by atoms with E-state index < -0.39 is 17.3 Å². The zero-order valence-corrected chi connectivity index (χ0v) is 19.2. The zero-order chi connectivity index (χ0) is 18.5. The van der Waals surface area contributed by atoms with E-state index in [1.807, 2.05) is 0 Å². The molecule has 0 aliphatic carbocycles. The van der Waals surface area contributed by atoms with Gasteiger partial charge in [0.05, 0.1) is 6.61 Å². The third kappa shape index (κ3) is 2.68. The average Bonchev–Trinajstić information content (AvgIpc) is 3.05. The standard InChI is InChI=1S/C21H34NOSi2/c1-14(2)24(15(3)4)22-20-12-10-9-11-18(20)19-13-23-25(16(5)6,17(7)8)21(19)22/h9-12,14-17H,13H2,1-8H3. The van der Waals surface area contributed by atoms with Crippen molar-refractivity contribution in [1.29, 1.82) is 0 Å². The predicted molar refractivity (Wildman–Crippen MR) is 114 cm³/mol. The maximum atomic E-state index is 6.77. The summed E-state index contributed by atoms with van der Waals surface area (Å²) in [6, 6.07) is 9.07. The lowest BCUT2D eigenvalue weighted by molar-refractivity contribution is 0.300. The summed E-state index contributed by atoms with van der Waals surface area (Å²) >= 11 is 0. The van der Waals surface area contributed by atoms with Gasteiger partial charge in [-0.15, -0.1) is 0 Å². The number of benzene rings is 1. The first-order chi connectivity index (χ1) is 11.7. The molecule has 0 atom stereocenters. The first-order valence-corrected chi connectivity index (χ1v) is 13.5. The fraction of sp³-hybridized carbons (Fsp3) is 0.619. The lowest BCUT2D eigenvalue weighted by atomic mass is 10.2. The fourth-order valence-corrected chi connectivity index (χ4v) is 14.0. The number of para-hydroxylation sites is 1. The van der Waals surface area contributed by atoms with Crippen molar-refractivity contribution in [2.24, 2.45) is 0 Å². The Morgan fingerprint density at radius 3 is 2.00 bits per heavy atom. The van der Waals surface area contributed by atoms with Gasteiger partial charge in [0.1, 0.15) is 0 Å². The summed E-state index contributed by atoms with van der Waals surface area (Å²) < 4.78 is 9.59. The van der Waals surface area contributed by atoms with Crippen LogP contribution in [0.15, 0.2) is 24.3 Å². The molecule has 1 radical (unpaired) electrons. The van der Waals surface area contributed by atoms with Gasteiger partial charge < -0.3 is 8.66 Å². The molecular formula is C21H34NOSi2. The molecule has 0 amide bonds. The minimum absolute atomic E-state index is 0.597. The molecule has 3 rings (SSSR count). The van der Waals surface area contributed by atoms with Crippen molar-refractivity contribution in [2.45, 2.75) is 84.2 Å². The van der Waals surface area contributed by atoms with E-state index in [1.165, 1.54) is 16.5 Å². The molecule has 0 N–H and O–H groups in total. The summed E-state index contributed by atoms with van der Waals surface area (Å²) in [7, 11) is -2.73. The van der Waals surface area contributed by atoms with E-state index in [2.05, 4.69) is 83.9 Å². The molecule has 1 aliphatic rings. The molecule has 137 valence electrons. The molecule has 0 fully saturated rings. The largest absolute Gasteiger partial charge is 0.406 e. The number of nitrogens with zero attached hydrogens (tertiary/aromatic N) is 1. The van der Waals surface area contributed by atoms with Crippen LogP contribution in [0.25, 0.3) is 10.9 Å². The van der Waals surface area contributed by atoms with Crippen LogP contribution in [0, 0.1) is 0 Å². The molecule has 0 spiro atoms. The van der Waals surface area contributed by atoms with E-state index in [0.29, 0.717) is 22.2 Å².